The van der Waals surface area contributed by atoms with Crippen molar-refractivity contribution in [3.05, 3.63) is 0 Å². The molecule has 2 fully saturated rings. The number of nitrogens with two attached hydrogens (primary N) is 1. The summed E-state index contributed by atoms with van der Waals surface area (Å²) in [4.78, 5) is 37.3. The molecular formula is C26H57Br2ClN6O5. The molecule has 242 valence electrons. The van der Waals surface area contributed by atoms with Gasteiger partial charge in [-0.2, -0.15) is 0 Å². The lowest BCUT2D eigenvalue weighted by Crippen LogP contribution is -2.48. The van der Waals surface area contributed by atoms with Gasteiger partial charge in [-0.1, -0.05) is 52.6 Å². The lowest BCUT2D eigenvalue weighted by Gasteiger charge is -2.28. The van der Waals surface area contributed by atoms with E-state index in [2.05, 4.69) is 42.5 Å². The molecule has 0 aromatic rings. The number of amides is 2. The second-order valence-corrected chi connectivity index (χ2v) is 11.2. The first-order chi connectivity index (χ1) is 18.2. The molecule has 0 radical (unpaired) electrons. The van der Waals surface area contributed by atoms with E-state index in [1.54, 1.807) is 28.8 Å². The number of nitrogens with one attached hydrogen (secondary N) is 2. The van der Waals surface area contributed by atoms with Gasteiger partial charge in [-0.3, -0.25) is 24.2 Å². The predicted molar refractivity (Wildman–Crippen MR) is 174 cm³/mol. The monoisotopic (exact) mass is 726 g/mol. The van der Waals surface area contributed by atoms with Crippen LogP contribution in [0.25, 0.3) is 0 Å². The number of β-amino-alcohol motifs (C(OH)–C–C–N with tert-alkyl or cyclic N) is 1. The van der Waals surface area contributed by atoms with Crippen LogP contribution in [0.3, 0.4) is 0 Å². The van der Waals surface area contributed by atoms with E-state index in [0.717, 1.165) is 38.6 Å². The summed E-state index contributed by atoms with van der Waals surface area (Å²) in [5, 5.41) is 24.6. The van der Waals surface area contributed by atoms with Gasteiger partial charge in [0.2, 0.25) is 17.1 Å². The normalized spacial score (nSPS) is 20.1. The van der Waals surface area contributed by atoms with Crippen molar-refractivity contribution in [3.63, 3.8) is 0 Å². The van der Waals surface area contributed by atoms with Crippen molar-refractivity contribution in [2.24, 2.45) is 11.7 Å². The van der Waals surface area contributed by atoms with Crippen LogP contribution in [0.5, 0.6) is 0 Å². The molecule has 2 rings (SSSR count). The summed E-state index contributed by atoms with van der Waals surface area (Å²) in [7, 11) is 11.0. The van der Waals surface area contributed by atoms with E-state index < -0.39 is 6.23 Å². The van der Waals surface area contributed by atoms with Crippen LogP contribution in [0.1, 0.15) is 52.9 Å². The molecule has 0 saturated carbocycles. The summed E-state index contributed by atoms with van der Waals surface area (Å²) in [6, 6.07) is -0.387. The molecule has 0 spiro atoms. The molecule has 0 aromatic heterocycles. The summed E-state index contributed by atoms with van der Waals surface area (Å²) in [5.41, 5.74) is 5.73. The average Bonchev–Trinajstić information content (AvgIpc) is 3.17. The molecule has 2 aliphatic rings. The number of hydrogen-bond acceptors (Lipinski definition) is 9. The molecule has 4 unspecified atom stereocenters. The fourth-order valence-corrected chi connectivity index (χ4v) is 3.49. The summed E-state index contributed by atoms with van der Waals surface area (Å²) < 4.78 is 0. The number of likely N-dealkylation sites (N-methyl/N-ethyl adjacent to an activating group) is 1. The number of aliphatic hydroxyl groups excluding tert-OH is 2. The number of halogens is 3. The number of alkyl halides is 2. The van der Waals surface area contributed by atoms with E-state index in [-0.39, 0.29) is 48.0 Å². The number of carbonyl (C=O) groups excluding carboxylic acids is 3. The number of rotatable bonds is 6. The largest absolute Gasteiger partial charge is 0.378 e. The average molecular weight is 729 g/mol. The molecule has 0 aliphatic carbocycles. The van der Waals surface area contributed by atoms with Gasteiger partial charge >= 0.3 is 0 Å². The van der Waals surface area contributed by atoms with E-state index in [1.165, 1.54) is 6.42 Å². The Morgan fingerprint density at radius 3 is 1.95 bits per heavy atom. The minimum absolute atomic E-state index is 0. The van der Waals surface area contributed by atoms with Gasteiger partial charge in [-0.05, 0) is 86.0 Å². The first-order valence-corrected chi connectivity index (χ1v) is 15.7. The number of hydrogen-bond donors (Lipinski definition) is 5. The van der Waals surface area contributed by atoms with Crippen molar-refractivity contribution in [1.82, 2.24) is 25.3 Å². The molecule has 4 atom stereocenters. The quantitative estimate of drug-likeness (QED) is 0.157. The van der Waals surface area contributed by atoms with Gasteiger partial charge in [0.15, 0.2) is 0 Å². The molecule has 40 heavy (non-hydrogen) atoms. The summed E-state index contributed by atoms with van der Waals surface area (Å²) >= 11 is 10.7. The van der Waals surface area contributed by atoms with Crippen molar-refractivity contribution < 1.29 is 24.6 Å². The maximum Gasteiger partial charge on any atom is 0.239 e. The van der Waals surface area contributed by atoms with Gasteiger partial charge in [0.1, 0.15) is 12.5 Å². The highest BCUT2D eigenvalue weighted by Crippen LogP contribution is 2.11. The summed E-state index contributed by atoms with van der Waals surface area (Å²) in [6.45, 7) is 3.92. The number of nitrogens with zero attached hydrogens (tertiary/aromatic N) is 3. The predicted octanol–water partition coefficient (Wildman–Crippen LogP) is 2.01. The van der Waals surface area contributed by atoms with Gasteiger partial charge in [0.05, 0.1) is 17.9 Å². The Kier molecular flexibility index (Phi) is 35.0. The molecule has 11 nitrogen and oxygen atoms in total. The zero-order chi connectivity index (χ0) is 31.0. The van der Waals surface area contributed by atoms with Crippen LogP contribution >= 0.6 is 43.5 Å². The molecule has 0 bridgehead atoms. The highest BCUT2D eigenvalue weighted by atomic mass is 79.9. The third-order valence-electron chi connectivity index (χ3n) is 5.45. The highest BCUT2D eigenvalue weighted by Gasteiger charge is 2.25. The Bertz CT molecular complexity index is 638. The minimum atomic E-state index is -0.612. The smallest absolute Gasteiger partial charge is 0.239 e. The second-order valence-electron chi connectivity index (χ2n) is 9.61. The number of aliphatic hydroxyl groups is 2. The van der Waals surface area contributed by atoms with Gasteiger partial charge in [0, 0.05) is 24.3 Å². The maximum absolute atomic E-state index is 11.8. The van der Waals surface area contributed by atoms with E-state index >= 15 is 0 Å². The highest BCUT2D eigenvalue weighted by molar-refractivity contribution is 9.09. The SMILES string of the molecule is C.CC1CCCCNC1=O.CN(C)C(O)CBr.CN(C)C(O)CN1CCCCC(N)C1=O.CNC.O=C(Cl)CBr. The number of likely N-dealkylation sites (tertiary alicyclic amines) is 1. The van der Waals surface area contributed by atoms with Gasteiger partial charge in [-0.15, -0.1) is 0 Å². The Morgan fingerprint density at radius 2 is 1.55 bits per heavy atom. The Hall–Kier alpha value is -0.380. The zero-order valence-electron chi connectivity index (χ0n) is 24.8. The fourth-order valence-electron chi connectivity index (χ4n) is 2.91. The topological polar surface area (TPSA) is 151 Å². The van der Waals surface area contributed by atoms with Crippen LogP contribution < -0.4 is 16.4 Å². The molecule has 2 amide bonds. The standard InChI is InChI=1S/C10H21N3O2.C7H13NO.C4H10BrNO.C2H2BrClO.C2H7N.CH4/c1-12(2)9(14)7-13-6-4-3-5-8(11)10(13)15;1-6-4-2-3-5-8-7(6)9;1-6(2)4(7)3-5;3-1-2(4)5;1-3-2;/h8-9,14H,3-7,11H2,1-2H3;6H,2-5H2,1H3,(H,8,9);4,7H,3H2,1-2H3;1H2;3H,1-2H3;1H4. The molecule has 2 heterocycles. The van der Waals surface area contributed by atoms with Crippen LogP contribution in [0, 0.1) is 5.92 Å². The molecule has 14 heteroatoms. The lowest BCUT2D eigenvalue weighted by atomic mass is 10.1. The lowest BCUT2D eigenvalue weighted by molar-refractivity contribution is -0.135. The molecule has 6 N–H and O–H groups in total. The molecule has 2 aliphatic heterocycles. The zero-order valence-corrected chi connectivity index (χ0v) is 28.7. The molecule has 0 aromatic carbocycles. The Morgan fingerprint density at radius 1 is 1.07 bits per heavy atom. The first kappa shape index (κ1) is 46.6. The third-order valence-corrected chi connectivity index (χ3v) is 7.00. The van der Waals surface area contributed by atoms with Crippen LogP contribution in [-0.2, 0) is 14.4 Å². The van der Waals surface area contributed by atoms with Crippen LogP contribution in [0.4, 0.5) is 0 Å². The van der Waals surface area contributed by atoms with Crippen molar-refractivity contribution >= 4 is 60.5 Å². The molecular weight excluding hydrogens is 672 g/mol. The minimum Gasteiger partial charge on any atom is -0.378 e. The van der Waals surface area contributed by atoms with Crippen molar-refractivity contribution in [1.29, 1.82) is 0 Å². The van der Waals surface area contributed by atoms with Gasteiger partial charge < -0.3 is 31.5 Å². The second kappa shape index (κ2) is 30.1. The van der Waals surface area contributed by atoms with Crippen molar-refractivity contribution in [2.75, 3.05) is 72.6 Å². The van der Waals surface area contributed by atoms with Crippen molar-refractivity contribution in [2.45, 2.75) is 71.4 Å². The van der Waals surface area contributed by atoms with Crippen LogP contribution in [0.15, 0.2) is 0 Å². The number of carbonyl (C=O) groups is 3. The van der Waals surface area contributed by atoms with Crippen LogP contribution in [0.2, 0.25) is 0 Å². The van der Waals surface area contributed by atoms with E-state index in [9.17, 15) is 19.5 Å². The summed E-state index contributed by atoms with van der Waals surface area (Å²) in [5.74, 6) is 0.438. The van der Waals surface area contributed by atoms with E-state index in [1.807, 2.05) is 35.1 Å². The van der Waals surface area contributed by atoms with E-state index in [4.69, 9.17) is 22.4 Å². The first-order valence-electron chi connectivity index (χ1n) is 13.1. The summed E-state index contributed by atoms with van der Waals surface area (Å²) in [6.07, 6.45) is 5.16. The third kappa shape index (κ3) is 27.8. The van der Waals surface area contributed by atoms with Gasteiger partial charge in [0.25, 0.3) is 0 Å². The van der Waals surface area contributed by atoms with E-state index in [0.29, 0.717) is 18.4 Å². The van der Waals surface area contributed by atoms with Gasteiger partial charge in [-0.25, -0.2) is 0 Å². The Balaban J connectivity index is -0.000000223. The maximum atomic E-state index is 11.8. The molecule has 2 saturated heterocycles. The van der Waals surface area contributed by atoms with Crippen LogP contribution in [-0.4, -0.2) is 133 Å². The fraction of sp³-hybridized carbons (Fsp3) is 0.885. The Labute approximate surface area is 265 Å². The van der Waals surface area contributed by atoms with Crippen molar-refractivity contribution in [3.8, 4) is 0 Å².